The minimum atomic E-state index is -0.617. The molecule has 3 fully saturated rings. The molecule has 4 rings (SSSR count). The second-order valence-electron chi connectivity index (χ2n) is 7.83. The molecule has 0 aromatic carbocycles. The lowest BCUT2D eigenvalue weighted by Gasteiger charge is -2.33. The van der Waals surface area contributed by atoms with Crippen LogP contribution in [0.15, 0.2) is 12.4 Å². The largest absolute Gasteiger partial charge is 0.481 e. The third-order valence-electron chi connectivity index (χ3n) is 6.42. The first-order valence-corrected chi connectivity index (χ1v) is 9.34. The second-order valence-corrected chi connectivity index (χ2v) is 7.83. The first-order chi connectivity index (χ1) is 12.1. The van der Waals surface area contributed by atoms with Gasteiger partial charge in [-0.2, -0.15) is 0 Å². The number of ether oxygens (including phenoxy) is 1. The molecule has 1 aromatic rings. The smallest absolute Gasteiger partial charge is 0.312 e. The van der Waals surface area contributed by atoms with Crippen LogP contribution in [0.1, 0.15) is 18.7 Å². The van der Waals surface area contributed by atoms with Crippen molar-refractivity contribution < 1.29 is 14.6 Å². The standard InChI is InChI=1S/C18H28N4O3/c1-14-19-4-5-21(14)7-6-20-10-15-11-22(16-2-8-25-9-3-16)13-18(15,12-20)17(23)24/h4-5,15-16H,2-3,6-13H2,1H3,(H,23,24)/t15-,18-/m0/s1. The molecule has 2 atom stereocenters. The Kier molecular flexibility index (Phi) is 4.56. The van der Waals surface area contributed by atoms with Crippen molar-refractivity contribution in [2.45, 2.75) is 32.4 Å². The van der Waals surface area contributed by atoms with Gasteiger partial charge >= 0.3 is 5.97 Å². The average molecular weight is 348 g/mol. The molecule has 3 saturated heterocycles. The summed E-state index contributed by atoms with van der Waals surface area (Å²) in [4.78, 5) is 21.2. The minimum Gasteiger partial charge on any atom is -0.481 e. The molecule has 7 heteroatoms. The summed E-state index contributed by atoms with van der Waals surface area (Å²) < 4.78 is 7.60. The number of carbonyl (C=O) groups is 1. The van der Waals surface area contributed by atoms with Gasteiger partial charge in [-0.25, -0.2) is 4.98 Å². The van der Waals surface area contributed by atoms with Crippen LogP contribution in [0.5, 0.6) is 0 Å². The number of hydrogen-bond donors (Lipinski definition) is 1. The fourth-order valence-corrected chi connectivity index (χ4v) is 4.90. The Bertz CT molecular complexity index is 628. The number of likely N-dealkylation sites (tertiary alicyclic amines) is 2. The second kappa shape index (κ2) is 6.70. The lowest BCUT2D eigenvalue weighted by Crippen LogP contribution is -2.44. The van der Waals surface area contributed by atoms with E-state index in [1.165, 1.54) is 0 Å². The van der Waals surface area contributed by atoms with Gasteiger partial charge in [0.15, 0.2) is 0 Å². The third kappa shape index (κ3) is 3.09. The maximum absolute atomic E-state index is 12.2. The third-order valence-corrected chi connectivity index (χ3v) is 6.42. The highest BCUT2D eigenvalue weighted by atomic mass is 16.5. The zero-order chi connectivity index (χ0) is 17.4. The van der Waals surface area contributed by atoms with Crippen LogP contribution in [-0.2, 0) is 16.1 Å². The Balaban J connectivity index is 1.40. The quantitative estimate of drug-likeness (QED) is 0.844. The van der Waals surface area contributed by atoms with Gasteiger partial charge in [-0.05, 0) is 19.8 Å². The molecule has 3 aliphatic heterocycles. The van der Waals surface area contributed by atoms with Crippen LogP contribution in [0.25, 0.3) is 0 Å². The summed E-state index contributed by atoms with van der Waals surface area (Å²) in [5.41, 5.74) is -0.595. The van der Waals surface area contributed by atoms with E-state index in [9.17, 15) is 9.90 Å². The molecule has 0 unspecified atom stereocenters. The predicted octanol–water partition coefficient (Wildman–Crippen LogP) is 0.689. The summed E-state index contributed by atoms with van der Waals surface area (Å²) in [6.07, 6.45) is 5.88. The molecule has 0 radical (unpaired) electrons. The van der Waals surface area contributed by atoms with Crippen molar-refractivity contribution in [3.8, 4) is 0 Å². The fourth-order valence-electron chi connectivity index (χ4n) is 4.90. The van der Waals surface area contributed by atoms with Gasteiger partial charge in [0.05, 0.1) is 5.41 Å². The SMILES string of the molecule is Cc1nccn1CCN1C[C@H]2CN(C3CCOCC3)C[C@@]2(C(=O)O)C1. The Morgan fingerprint density at radius 2 is 2.12 bits per heavy atom. The van der Waals surface area contributed by atoms with E-state index < -0.39 is 11.4 Å². The van der Waals surface area contributed by atoms with Crippen LogP contribution in [0, 0.1) is 18.3 Å². The lowest BCUT2D eigenvalue weighted by molar-refractivity contribution is -0.149. The maximum atomic E-state index is 12.2. The van der Waals surface area contributed by atoms with Crippen molar-refractivity contribution in [1.82, 2.24) is 19.4 Å². The van der Waals surface area contributed by atoms with Gasteiger partial charge in [0.1, 0.15) is 5.82 Å². The highest BCUT2D eigenvalue weighted by molar-refractivity contribution is 5.77. The molecule has 0 spiro atoms. The normalized spacial score (nSPS) is 31.5. The molecular weight excluding hydrogens is 320 g/mol. The van der Waals surface area contributed by atoms with E-state index >= 15 is 0 Å². The monoisotopic (exact) mass is 348 g/mol. The number of nitrogens with zero attached hydrogens (tertiary/aromatic N) is 4. The number of hydrogen-bond acceptors (Lipinski definition) is 5. The van der Waals surface area contributed by atoms with Crippen molar-refractivity contribution in [3.63, 3.8) is 0 Å². The highest BCUT2D eigenvalue weighted by Crippen LogP contribution is 2.44. The molecule has 0 bridgehead atoms. The molecule has 0 amide bonds. The number of aliphatic carboxylic acids is 1. The Morgan fingerprint density at radius 1 is 1.32 bits per heavy atom. The van der Waals surface area contributed by atoms with Crippen molar-refractivity contribution in [3.05, 3.63) is 18.2 Å². The predicted molar refractivity (Wildman–Crippen MR) is 92.4 cm³/mol. The van der Waals surface area contributed by atoms with Gasteiger partial charge < -0.3 is 14.4 Å². The van der Waals surface area contributed by atoms with E-state index in [4.69, 9.17) is 4.74 Å². The first kappa shape index (κ1) is 17.0. The van der Waals surface area contributed by atoms with Gasteiger partial charge in [0.25, 0.3) is 0 Å². The average Bonchev–Trinajstić information content (AvgIpc) is 3.26. The molecule has 3 aliphatic rings. The zero-order valence-corrected chi connectivity index (χ0v) is 14.9. The van der Waals surface area contributed by atoms with Crippen LogP contribution in [0.2, 0.25) is 0 Å². The summed E-state index contributed by atoms with van der Waals surface area (Å²) in [5.74, 6) is 0.628. The van der Waals surface area contributed by atoms with Gasteiger partial charge in [-0.15, -0.1) is 0 Å². The summed E-state index contributed by atoms with van der Waals surface area (Å²) in [6.45, 7) is 8.54. The van der Waals surface area contributed by atoms with E-state index in [2.05, 4.69) is 19.4 Å². The number of fused-ring (bicyclic) bond motifs is 1. The van der Waals surface area contributed by atoms with Crippen LogP contribution < -0.4 is 0 Å². The van der Waals surface area contributed by atoms with Gasteiger partial charge in [0.2, 0.25) is 0 Å². The topological polar surface area (TPSA) is 70.8 Å². The zero-order valence-electron chi connectivity index (χ0n) is 14.9. The summed E-state index contributed by atoms with van der Waals surface area (Å²) in [7, 11) is 0. The maximum Gasteiger partial charge on any atom is 0.312 e. The van der Waals surface area contributed by atoms with E-state index in [1.807, 2.05) is 19.3 Å². The van der Waals surface area contributed by atoms with E-state index in [1.54, 1.807) is 0 Å². The number of carboxylic acids is 1. The number of rotatable bonds is 5. The molecular formula is C18H28N4O3. The van der Waals surface area contributed by atoms with E-state index in [-0.39, 0.29) is 5.92 Å². The van der Waals surface area contributed by atoms with Crippen LogP contribution >= 0.6 is 0 Å². The number of aromatic nitrogens is 2. The van der Waals surface area contributed by atoms with Gasteiger partial charge in [-0.3, -0.25) is 14.6 Å². The Hall–Kier alpha value is -1.44. The van der Waals surface area contributed by atoms with Crippen molar-refractivity contribution in [1.29, 1.82) is 0 Å². The molecule has 25 heavy (non-hydrogen) atoms. The Morgan fingerprint density at radius 3 is 2.76 bits per heavy atom. The van der Waals surface area contributed by atoms with E-state index in [0.717, 1.165) is 58.1 Å². The fraction of sp³-hybridized carbons (Fsp3) is 0.778. The minimum absolute atomic E-state index is 0.233. The van der Waals surface area contributed by atoms with Crippen LogP contribution in [0.3, 0.4) is 0 Å². The van der Waals surface area contributed by atoms with Crippen LogP contribution in [0.4, 0.5) is 0 Å². The lowest BCUT2D eigenvalue weighted by atomic mass is 9.81. The molecule has 0 saturated carbocycles. The number of imidazole rings is 1. The summed E-state index contributed by atoms with van der Waals surface area (Å²) in [5, 5.41) is 10.0. The molecule has 138 valence electrons. The molecule has 1 N–H and O–H groups in total. The molecule has 7 nitrogen and oxygen atoms in total. The first-order valence-electron chi connectivity index (χ1n) is 9.34. The van der Waals surface area contributed by atoms with Crippen molar-refractivity contribution >= 4 is 5.97 Å². The van der Waals surface area contributed by atoms with E-state index in [0.29, 0.717) is 19.1 Å². The molecule has 0 aliphatic carbocycles. The molecule has 1 aromatic heterocycles. The summed E-state index contributed by atoms with van der Waals surface area (Å²) >= 11 is 0. The highest BCUT2D eigenvalue weighted by Gasteiger charge is 2.58. The van der Waals surface area contributed by atoms with Crippen molar-refractivity contribution in [2.24, 2.45) is 11.3 Å². The van der Waals surface area contributed by atoms with Gasteiger partial charge in [-0.1, -0.05) is 0 Å². The van der Waals surface area contributed by atoms with Gasteiger partial charge in [0, 0.05) is 76.8 Å². The summed E-state index contributed by atoms with van der Waals surface area (Å²) in [6, 6.07) is 0.498. The number of aryl methyl sites for hydroxylation is 1. The van der Waals surface area contributed by atoms with Crippen LogP contribution in [-0.4, -0.2) is 82.4 Å². The van der Waals surface area contributed by atoms with Crippen molar-refractivity contribution in [2.75, 3.05) is 45.9 Å². The number of carboxylic acid groups (broad SMARTS) is 1. The Labute approximate surface area is 148 Å². The molecule has 4 heterocycles.